The van der Waals surface area contributed by atoms with Gasteiger partial charge in [-0.2, -0.15) is 0 Å². The van der Waals surface area contributed by atoms with Crippen LogP contribution in [0.15, 0.2) is 12.4 Å². The highest BCUT2D eigenvalue weighted by molar-refractivity contribution is 7.18. The Bertz CT molecular complexity index is 521. The molecule has 0 bridgehead atoms. The second-order valence-electron chi connectivity index (χ2n) is 5.04. The van der Waals surface area contributed by atoms with Gasteiger partial charge in [-0.15, -0.1) is 11.3 Å². The molecule has 2 aromatic rings. The number of thiophene rings is 1. The number of aromatic nitrogens is 2. The zero-order valence-corrected chi connectivity index (χ0v) is 12.9. The molecule has 1 unspecified atom stereocenters. The zero-order valence-electron chi connectivity index (χ0n) is 12.1. The highest BCUT2D eigenvalue weighted by Gasteiger charge is 2.13. The predicted molar refractivity (Wildman–Crippen MR) is 82.8 cm³/mol. The summed E-state index contributed by atoms with van der Waals surface area (Å²) in [5.41, 5.74) is 1.19. The van der Waals surface area contributed by atoms with E-state index >= 15 is 0 Å². The number of aryl methyl sites for hydroxylation is 1. The van der Waals surface area contributed by atoms with E-state index in [-0.39, 0.29) is 0 Å². The normalized spacial score (nSPS) is 13.0. The lowest BCUT2D eigenvalue weighted by Gasteiger charge is -2.17. The Kier molecular flexibility index (Phi) is 5.28. The smallest absolute Gasteiger partial charge is 0.127 e. The maximum absolute atomic E-state index is 4.51. The first-order valence-electron chi connectivity index (χ1n) is 7.18. The summed E-state index contributed by atoms with van der Waals surface area (Å²) in [5.74, 6) is 0. The molecule has 19 heavy (non-hydrogen) atoms. The fraction of sp³-hybridized carbons (Fsp3) is 0.600. The van der Waals surface area contributed by atoms with Crippen molar-refractivity contribution in [3.05, 3.63) is 23.0 Å². The van der Waals surface area contributed by atoms with Gasteiger partial charge >= 0.3 is 0 Å². The summed E-state index contributed by atoms with van der Waals surface area (Å²) in [7, 11) is 0. The zero-order chi connectivity index (χ0) is 13.7. The van der Waals surface area contributed by atoms with Crippen LogP contribution in [0.25, 0.3) is 10.2 Å². The largest absolute Gasteiger partial charge is 0.314 e. The van der Waals surface area contributed by atoms with Crippen LogP contribution in [0.3, 0.4) is 0 Å². The molecule has 4 heteroatoms. The molecule has 2 aromatic heterocycles. The van der Waals surface area contributed by atoms with Crippen LogP contribution in [0.4, 0.5) is 0 Å². The maximum atomic E-state index is 4.51. The third-order valence-electron chi connectivity index (χ3n) is 3.30. The molecule has 0 aliphatic heterocycles. The highest BCUT2D eigenvalue weighted by Crippen LogP contribution is 2.25. The Labute approximate surface area is 119 Å². The Balaban J connectivity index is 2.17. The predicted octanol–water partition coefficient (Wildman–Crippen LogP) is 3.71. The van der Waals surface area contributed by atoms with Gasteiger partial charge in [0.25, 0.3) is 0 Å². The lowest BCUT2D eigenvalue weighted by molar-refractivity contribution is 0.470. The van der Waals surface area contributed by atoms with Crippen molar-refractivity contribution in [2.24, 2.45) is 0 Å². The molecule has 0 amide bonds. The van der Waals surface area contributed by atoms with E-state index < -0.39 is 0 Å². The Morgan fingerprint density at radius 3 is 2.84 bits per heavy atom. The number of nitrogens with zero attached hydrogens (tertiary/aromatic N) is 2. The van der Waals surface area contributed by atoms with E-state index in [0.717, 1.165) is 17.8 Å². The molecule has 2 heterocycles. The summed E-state index contributed by atoms with van der Waals surface area (Å²) < 4.78 is 0. The molecule has 2 rings (SSSR count). The number of fused-ring (bicyclic) bond motifs is 1. The fourth-order valence-corrected chi connectivity index (χ4v) is 3.26. The van der Waals surface area contributed by atoms with Gasteiger partial charge in [0.1, 0.15) is 11.2 Å². The Morgan fingerprint density at radius 1 is 1.26 bits per heavy atom. The topological polar surface area (TPSA) is 37.8 Å². The minimum Gasteiger partial charge on any atom is -0.314 e. The molecule has 1 N–H and O–H groups in total. The fourth-order valence-electron chi connectivity index (χ4n) is 2.39. The third kappa shape index (κ3) is 3.74. The summed E-state index contributed by atoms with van der Waals surface area (Å²) in [6, 6.07) is 2.75. The van der Waals surface area contributed by atoms with Crippen molar-refractivity contribution in [1.82, 2.24) is 15.3 Å². The number of hydrogen-bond donors (Lipinski definition) is 1. The van der Waals surface area contributed by atoms with Gasteiger partial charge in [0.05, 0.1) is 5.69 Å². The van der Waals surface area contributed by atoms with Gasteiger partial charge in [0.2, 0.25) is 0 Å². The van der Waals surface area contributed by atoms with E-state index in [0.29, 0.717) is 6.04 Å². The number of hydrogen-bond acceptors (Lipinski definition) is 4. The van der Waals surface area contributed by atoms with Crippen LogP contribution in [0.2, 0.25) is 0 Å². The average molecular weight is 277 g/mol. The number of nitrogens with one attached hydrogen (secondary N) is 1. The highest BCUT2D eigenvalue weighted by atomic mass is 32.1. The second-order valence-corrected chi connectivity index (χ2v) is 6.27. The van der Waals surface area contributed by atoms with E-state index in [4.69, 9.17) is 0 Å². The van der Waals surface area contributed by atoms with Gasteiger partial charge in [0, 0.05) is 22.7 Å². The minimum atomic E-state index is 0.531. The first-order valence-corrected chi connectivity index (χ1v) is 7.99. The molecule has 0 saturated carbocycles. The summed E-state index contributed by atoms with van der Waals surface area (Å²) in [6.07, 6.45) is 6.29. The first kappa shape index (κ1) is 14.4. The van der Waals surface area contributed by atoms with Crippen molar-refractivity contribution in [2.45, 2.75) is 52.5 Å². The van der Waals surface area contributed by atoms with Crippen molar-refractivity contribution in [3.63, 3.8) is 0 Å². The van der Waals surface area contributed by atoms with Crippen LogP contribution in [0.5, 0.6) is 0 Å². The van der Waals surface area contributed by atoms with Crippen LogP contribution in [0.1, 0.15) is 43.7 Å². The molecule has 0 radical (unpaired) electrons. The molecule has 0 spiro atoms. The molecular formula is C15H23N3S. The molecule has 0 aliphatic rings. The quantitative estimate of drug-likeness (QED) is 0.838. The molecule has 0 aromatic carbocycles. The Hall–Kier alpha value is -1.00. The van der Waals surface area contributed by atoms with Crippen molar-refractivity contribution < 1.29 is 0 Å². The first-order chi connectivity index (χ1) is 9.24. The molecule has 0 fully saturated rings. The van der Waals surface area contributed by atoms with E-state index in [9.17, 15) is 0 Å². The van der Waals surface area contributed by atoms with Crippen molar-refractivity contribution in [3.8, 4) is 0 Å². The molecule has 3 nitrogen and oxygen atoms in total. The lowest BCUT2D eigenvalue weighted by Crippen LogP contribution is -2.32. The SMILES string of the molecule is CCCNC(CCC)Cc1ncnc2sc(C)cc12. The van der Waals surface area contributed by atoms with E-state index in [2.05, 4.69) is 42.1 Å². The van der Waals surface area contributed by atoms with E-state index in [1.165, 1.54) is 35.2 Å². The van der Waals surface area contributed by atoms with E-state index in [1.807, 2.05) is 0 Å². The molecule has 0 aliphatic carbocycles. The Morgan fingerprint density at radius 2 is 2.11 bits per heavy atom. The summed E-state index contributed by atoms with van der Waals surface area (Å²) in [6.45, 7) is 7.67. The van der Waals surface area contributed by atoms with Gasteiger partial charge in [-0.25, -0.2) is 9.97 Å². The van der Waals surface area contributed by atoms with Gasteiger partial charge < -0.3 is 5.32 Å². The van der Waals surface area contributed by atoms with Crippen LogP contribution in [-0.4, -0.2) is 22.6 Å². The van der Waals surface area contributed by atoms with Gasteiger partial charge in [-0.05, 0) is 32.4 Å². The average Bonchev–Trinajstić information content (AvgIpc) is 2.77. The minimum absolute atomic E-state index is 0.531. The molecule has 0 saturated heterocycles. The summed E-state index contributed by atoms with van der Waals surface area (Å²) >= 11 is 1.75. The molecular weight excluding hydrogens is 254 g/mol. The van der Waals surface area contributed by atoms with Crippen LogP contribution >= 0.6 is 11.3 Å². The van der Waals surface area contributed by atoms with Crippen molar-refractivity contribution in [1.29, 1.82) is 0 Å². The van der Waals surface area contributed by atoms with Crippen LogP contribution < -0.4 is 5.32 Å². The van der Waals surface area contributed by atoms with Crippen LogP contribution in [-0.2, 0) is 6.42 Å². The maximum Gasteiger partial charge on any atom is 0.127 e. The number of rotatable bonds is 7. The lowest BCUT2D eigenvalue weighted by atomic mass is 10.0. The van der Waals surface area contributed by atoms with Gasteiger partial charge in [-0.1, -0.05) is 20.3 Å². The monoisotopic (exact) mass is 277 g/mol. The second kappa shape index (κ2) is 6.96. The molecule has 1 atom stereocenters. The van der Waals surface area contributed by atoms with Crippen LogP contribution in [0, 0.1) is 6.92 Å². The van der Waals surface area contributed by atoms with E-state index in [1.54, 1.807) is 17.7 Å². The third-order valence-corrected chi connectivity index (χ3v) is 4.25. The standard InChI is InChI=1S/C15H23N3S/c1-4-6-12(16-7-5-2)9-14-13-8-11(3)19-15(13)18-10-17-14/h8,10,12,16H,4-7,9H2,1-3H3. The van der Waals surface area contributed by atoms with Gasteiger partial charge in [0.15, 0.2) is 0 Å². The summed E-state index contributed by atoms with van der Waals surface area (Å²) in [4.78, 5) is 11.3. The van der Waals surface area contributed by atoms with Gasteiger partial charge in [-0.3, -0.25) is 0 Å². The molecule has 104 valence electrons. The van der Waals surface area contributed by atoms with Crippen molar-refractivity contribution in [2.75, 3.05) is 6.54 Å². The van der Waals surface area contributed by atoms with Crippen molar-refractivity contribution >= 4 is 21.6 Å². The summed E-state index contributed by atoms with van der Waals surface area (Å²) in [5, 5.41) is 4.87.